The molecule has 0 unspecified atom stereocenters. The molecule has 3 nitrogen and oxygen atoms in total. The third-order valence-corrected chi connectivity index (χ3v) is 5.33. The Labute approximate surface area is 159 Å². The van der Waals surface area contributed by atoms with Crippen LogP contribution in [0.5, 0.6) is 0 Å². The number of thiophene rings is 1. The van der Waals surface area contributed by atoms with Gasteiger partial charge in [0.15, 0.2) is 0 Å². The van der Waals surface area contributed by atoms with E-state index in [0.717, 1.165) is 11.1 Å². The van der Waals surface area contributed by atoms with Gasteiger partial charge in [-0.05, 0) is 29.5 Å². The van der Waals surface area contributed by atoms with Gasteiger partial charge in [0.05, 0.1) is 6.04 Å². The van der Waals surface area contributed by atoms with Gasteiger partial charge in [0, 0.05) is 19.0 Å². The number of hydrogen-bond donors (Lipinski definition) is 1. The Morgan fingerprint density at radius 2 is 1.62 bits per heavy atom. The molecule has 4 heteroatoms. The Bertz CT molecular complexity index is 826. The van der Waals surface area contributed by atoms with E-state index in [1.165, 1.54) is 10.4 Å². The van der Waals surface area contributed by atoms with Crippen LogP contribution in [-0.4, -0.2) is 24.9 Å². The number of aryl methyl sites for hydroxylation is 1. The van der Waals surface area contributed by atoms with Crippen molar-refractivity contribution in [2.24, 2.45) is 0 Å². The van der Waals surface area contributed by atoms with Crippen molar-refractivity contribution >= 4 is 17.2 Å². The first kappa shape index (κ1) is 18.4. The van der Waals surface area contributed by atoms with Gasteiger partial charge in [0.2, 0.25) is 5.91 Å². The van der Waals surface area contributed by atoms with E-state index in [0.29, 0.717) is 0 Å². The lowest BCUT2D eigenvalue weighted by Crippen LogP contribution is -2.38. The first-order valence-corrected chi connectivity index (χ1v) is 9.56. The van der Waals surface area contributed by atoms with Crippen LogP contribution in [0.4, 0.5) is 0 Å². The van der Waals surface area contributed by atoms with Gasteiger partial charge in [-0.25, -0.2) is 0 Å². The van der Waals surface area contributed by atoms with Gasteiger partial charge in [-0.1, -0.05) is 66.2 Å². The molecule has 134 valence electrons. The molecule has 0 aliphatic heterocycles. The minimum absolute atomic E-state index is 0.0373. The van der Waals surface area contributed by atoms with Crippen LogP contribution in [0, 0.1) is 6.92 Å². The summed E-state index contributed by atoms with van der Waals surface area (Å²) in [5.74, 6) is 0.0462. The van der Waals surface area contributed by atoms with Crippen LogP contribution in [0.15, 0.2) is 72.1 Å². The Balaban J connectivity index is 1.99. The van der Waals surface area contributed by atoms with Gasteiger partial charge in [-0.2, -0.15) is 0 Å². The Hall–Kier alpha value is -2.43. The molecule has 3 rings (SSSR count). The summed E-state index contributed by atoms with van der Waals surface area (Å²) in [7, 11) is 3.60. The summed E-state index contributed by atoms with van der Waals surface area (Å²) < 4.78 is 0. The van der Waals surface area contributed by atoms with Crippen LogP contribution in [0.2, 0.25) is 0 Å². The highest BCUT2D eigenvalue weighted by Crippen LogP contribution is 2.30. The van der Waals surface area contributed by atoms with E-state index in [2.05, 4.69) is 48.0 Å². The van der Waals surface area contributed by atoms with E-state index < -0.39 is 6.04 Å². The topological polar surface area (TPSA) is 32.3 Å². The van der Waals surface area contributed by atoms with E-state index in [9.17, 15) is 4.79 Å². The van der Waals surface area contributed by atoms with Crippen LogP contribution in [0.1, 0.15) is 33.7 Å². The summed E-state index contributed by atoms with van der Waals surface area (Å²) in [5.41, 5.74) is 3.35. The first-order chi connectivity index (χ1) is 12.6. The predicted octanol–water partition coefficient (Wildman–Crippen LogP) is 4.57. The lowest BCUT2D eigenvalue weighted by atomic mass is 9.99. The van der Waals surface area contributed by atoms with Gasteiger partial charge in [0.25, 0.3) is 0 Å². The van der Waals surface area contributed by atoms with Crippen molar-refractivity contribution in [3.63, 3.8) is 0 Å². The molecule has 3 aromatic rings. The lowest BCUT2D eigenvalue weighted by molar-refractivity contribution is -0.131. The molecular weight excluding hydrogens is 340 g/mol. The second-order valence-electron chi connectivity index (χ2n) is 6.60. The summed E-state index contributed by atoms with van der Waals surface area (Å²) in [4.78, 5) is 15.7. The average molecular weight is 365 g/mol. The third kappa shape index (κ3) is 4.21. The molecule has 0 radical (unpaired) electrons. The van der Waals surface area contributed by atoms with Gasteiger partial charge in [0.1, 0.15) is 6.04 Å². The molecule has 1 amide bonds. The van der Waals surface area contributed by atoms with Gasteiger partial charge in [-0.3, -0.25) is 10.1 Å². The standard InChI is InChI=1S/C22H24N2OS/c1-16-11-13-18(14-12-16)20(19-10-7-15-26-19)23-21(22(25)24(2)3)17-8-5-4-6-9-17/h4-15,20-21,23H,1-3H3/t20-,21-/m0/s1. The van der Waals surface area contributed by atoms with Gasteiger partial charge in [-0.15, -0.1) is 11.3 Å². The number of carbonyl (C=O) groups excluding carboxylic acids is 1. The fourth-order valence-corrected chi connectivity index (χ4v) is 3.75. The van der Waals surface area contributed by atoms with E-state index in [4.69, 9.17) is 0 Å². The van der Waals surface area contributed by atoms with Crippen LogP contribution in [0.25, 0.3) is 0 Å². The highest BCUT2D eigenvalue weighted by Gasteiger charge is 2.27. The van der Waals surface area contributed by atoms with Crippen molar-refractivity contribution in [3.05, 3.63) is 93.7 Å². The summed E-state index contributed by atoms with van der Waals surface area (Å²) in [6.45, 7) is 2.08. The molecule has 0 saturated carbocycles. The number of amides is 1. The van der Waals surface area contributed by atoms with E-state index in [1.54, 1.807) is 30.3 Å². The number of hydrogen-bond acceptors (Lipinski definition) is 3. The zero-order chi connectivity index (χ0) is 18.5. The summed E-state index contributed by atoms with van der Waals surface area (Å²) >= 11 is 1.70. The molecule has 1 heterocycles. The number of nitrogens with one attached hydrogen (secondary N) is 1. The Kier molecular flexibility index (Phi) is 5.86. The normalized spacial score (nSPS) is 13.2. The molecular formula is C22H24N2OS. The highest BCUT2D eigenvalue weighted by atomic mass is 32.1. The minimum Gasteiger partial charge on any atom is -0.347 e. The largest absolute Gasteiger partial charge is 0.347 e. The van der Waals surface area contributed by atoms with Crippen LogP contribution in [0.3, 0.4) is 0 Å². The van der Waals surface area contributed by atoms with Crippen molar-refractivity contribution in [3.8, 4) is 0 Å². The fraction of sp³-hybridized carbons (Fsp3) is 0.227. The second kappa shape index (κ2) is 8.30. The number of rotatable bonds is 6. The maximum atomic E-state index is 12.9. The molecule has 0 spiro atoms. The van der Waals surface area contributed by atoms with Crippen LogP contribution in [-0.2, 0) is 4.79 Å². The predicted molar refractivity (Wildman–Crippen MR) is 108 cm³/mol. The number of nitrogens with zero attached hydrogens (tertiary/aromatic N) is 1. The van der Waals surface area contributed by atoms with Crippen molar-refractivity contribution in [1.82, 2.24) is 10.2 Å². The lowest BCUT2D eigenvalue weighted by Gasteiger charge is -2.27. The molecule has 0 bridgehead atoms. The quantitative estimate of drug-likeness (QED) is 0.695. The monoisotopic (exact) mass is 364 g/mol. The minimum atomic E-state index is -0.403. The average Bonchev–Trinajstić information content (AvgIpc) is 3.18. The SMILES string of the molecule is Cc1ccc([C@H](N[C@H](C(=O)N(C)C)c2ccccc2)c2cccs2)cc1. The fourth-order valence-electron chi connectivity index (χ4n) is 2.94. The Morgan fingerprint density at radius 3 is 2.19 bits per heavy atom. The van der Waals surface area contributed by atoms with Gasteiger partial charge >= 0.3 is 0 Å². The summed E-state index contributed by atoms with van der Waals surface area (Å²) in [6, 6.07) is 22.1. The highest BCUT2D eigenvalue weighted by molar-refractivity contribution is 7.10. The summed E-state index contributed by atoms with van der Waals surface area (Å²) in [5, 5.41) is 5.68. The summed E-state index contributed by atoms with van der Waals surface area (Å²) in [6.07, 6.45) is 0. The third-order valence-electron chi connectivity index (χ3n) is 4.39. The number of carbonyl (C=O) groups is 1. The maximum absolute atomic E-state index is 12.9. The zero-order valence-corrected chi connectivity index (χ0v) is 16.2. The van der Waals surface area contributed by atoms with Crippen molar-refractivity contribution in [2.45, 2.75) is 19.0 Å². The molecule has 0 aliphatic carbocycles. The number of likely N-dealkylation sites (N-methyl/N-ethyl adjacent to an activating group) is 1. The molecule has 1 aromatic heterocycles. The molecule has 0 fully saturated rings. The molecule has 0 saturated heterocycles. The van der Waals surface area contributed by atoms with E-state index >= 15 is 0 Å². The first-order valence-electron chi connectivity index (χ1n) is 8.68. The van der Waals surface area contributed by atoms with Crippen molar-refractivity contribution in [1.29, 1.82) is 0 Å². The Morgan fingerprint density at radius 1 is 0.923 bits per heavy atom. The van der Waals surface area contributed by atoms with Crippen molar-refractivity contribution in [2.75, 3.05) is 14.1 Å². The smallest absolute Gasteiger partial charge is 0.243 e. The zero-order valence-electron chi connectivity index (χ0n) is 15.3. The van der Waals surface area contributed by atoms with Crippen LogP contribution < -0.4 is 5.32 Å². The maximum Gasteiger partial charge on any atom is 0.243 e. The molecule has 26 heavy (non-hydrogen) atoms. The van der Waals surface area contributed by atoms with Crippen molar-refractivity contribution < 1.29 is 4.79 Å². The molecule has 1 N–H and O–H groups in total. The van der Waals surface area contributed by atoms with E-state index in [1.807, 2.05) is 36.4 Å². The molecule has 2 atom stereocenters. The molecule has 0 aliphatic rings. The van der Waals surface area contributed by atoms with E-state index in [-0.39, 0.29) is 11.9 Å². The molecule has 2 aromatic carbocycles. The van der Waals surface area contributed by atoms with Gasteiger partial charge < -0.3 is 4.90 Å². The number of benzene rings is 2. The second-order valence-corrected chi connectivity index (χ2v) is 7.58. The van der Waals surface area contributed by atoms with Crippen LogP contribution >= 0.6 is 11.3 Å².